The monoisotopic (exact) mass is 386 g/mol. The van der Waals surface area contributed by atoms with Crippen LogP contribution < -0.4 is 10.1 Å². The summed E-state index contributed by atoms with van der Waals surface area (Å²) in [7, 11) is 0. The minimum atomic E-state index is -1.14. The number of anilines is 1. The van der Waals surface area contributed by atoms with Gasteiger partial charge >= 0.3 is 5.97 Å². The number of nitro benzene ring substituents is 1. The van der Waals surface area contributed by atoms with Crippen molar-refractivity contribution in [1.82, 2.24) is 0 Å². The van der Waals surface area contributed by atoms with Gasteiger partial charge in [0, 0.05) is 6.07 Å². The summed E-state index contributed by atoms with van der Waals surface area (Å²) in [4.78, 5) is 34.8. The number of rotatable bonds is 8. The minimum absolute atomic E-state index is 0.0343. The van der Waals surface area contributed by atoms with Gasteiger partial charge in [0.1, 0.15) is 11.4 Å². The summed E-state index contributed by atoms with van der Waals surface area (Å²) in [5, 5.41) is 13.4. The van der Waals surface area contributed by atoms with E-state index in [1.165, 1.54) is 25.1 Å². The molecule has 0 spiro atoms. The van der Waals surface area contributed by atoms with Crippen LogP contribution in [0, 0.1) is 16.0 Å². The number of para-hydroxylation sites is 2. The zero-order chi connectivity index (χ0) is 20.7. The quantitative estimate of drug-likeness (QED) is 0.420. The molecule has 0 aliphatic carbocycles. The molecule has 0 bridgehead atoms. The van der Waals surface area contributed by atoms with E-state index >= 15 is 0 Å². The Morgan fingerprint density at radius 2 is 1.71 bits per heavy atom. The maximum absolute atomic E-state index is 12.2. The maximum Gasteiger partial charge on any atom is 0.338 e. The van der Waals surface area contributed by atoms with Crippen LogP contribution in [0.15, 0.2) is 48.5 Å². The Labute approximate surface area is 162 Å². The molecule has 2 rings (SSSR count). The minimum Gasteiger partial charge on any atom is -0.493 e. The van der Waals surface area contributed by atoms with Crippen LogP contribution in [0.3, 0.4) is 0 Å². The third-order valence-electron chi connectivity index (χ3n) is 3.69. The van der Waals surface area contributed by atoms with Crippen molar-refractivity contribution in [3.63, 3.8) is 0 Å². The first-order chi connectivity index (χ1) is 13.3. The van der Waals surface area contributed by atoms with Crippen LogP contribution in [-0.2, 0) is 9.53 Å². The summed E-state index contributed by atoms with van der Waals surface area (Å²) >= 11 is 0. The zero-order valence-corrected chi connectivity index (χ0v) is 15.9. The number of hydrogen-bond acceptors (Lipinski definition) is 6. The Bertz CT molecular complexity index is 848. The zero-order valence-electron chi connectivity index (χ0n) is 15.9. The van der Waals surface area contributed by atoms with Crippen LogP contribution in [0.5, 0.6) is 5.75 Å². The molecule has 2 aromatic carbocycles. The van der Waals surface area contributed by atoms with Crippen molar-refractivity contribution in [2.24, 2.45) is 5.92 Å². The van der Waals surface area contributed by atoms with Crippen LogP contribution in [0.2, 0.25) is 0 Å². The van der Waals surface area contributed by atoms with E-state index in [0.29, 0.717) is 18.3 Å². The number of nitrogens with one attached hydrogen (secondary N) is 1. The predicted octanol–water partition coefficient (Wildman–Crippen LogP) is 3.81. The maximum atomic E-state index is 12.2. The second-order valence-electron chi connectivity index (χ2n) is 6.54. The summed E-state index contributed by atoms with van der Waals surface area (Å²) < 4.78 is 10.7. The summed E-state index contributed by atoms with van der Waals surface area (Å²) in [5.74, 6) is -0.336. The second kappa shape index (κ2) is 9.50. The normalized spacial score (nSPS) is 11.6. The van der Waals surface area contributed by atoms with Gasteiger partial charge in [0.25, 0.3) is 11.6 Å². The average Bonchev–Trinajstić information content (AvgIpc) is 2.66. The van der Waals surface area contributed by atoms with Crippen LogP contribution in [0.4, 0.5) is 11.4 Å². The second-order valence-corrected chi connectivity index (χ2v) is 6.54. The Morgan fingerprint density at radius 1 is 1.07 bits per heavy atom. The van der Waals surface area contributed by atoms with Crippen molar-refractivity contribution >= 4 is 23.3 Å². The third kappa shape index (κ3) is 5.80. The molecule has 0 saturated carbocycles. The Balaban J connectivity index is 1.96. The first-order valence-electron chi connectivity index (χ1n) is 8.76. The molecule has 0 aliphatic heterocycles. The van der Waals surface area contributed by atoms with Crippen molar-refractivity contribution in [3.05, 3.63) is 64.2 Å². The lowest BCUT2D eigenvalue weighted by atomic mass is 10.2. The Morgan fingerprint density at radius 3 is 2.32 bits per heavy atom. The molecule has 0 aromatic heterocycles. The highest BCUT2D eigenvalue weighted by Gasteiger charge is 2.22. The van der Waals surface area contributed by atoms with Crippen LogP contribution in [0.25, 0.3) is 0 Å². The van der Waals surface area contributed by atoms with Crippen molar-refractivity contribution in [2.45, 2.75) is 26.9 Å². The van der Waals surface area contributed by atoms with Crippen molar-refractivity contribution in [2.75, 3.05) is 11.9 Å². The summed E-state index contributed by atoms with van der Waals surface area (Å²) in [6, 6.07) is 12.1. The van der Waals surface area contributed by atoms with Gasteiger partial charge in [-0.2, -0.15) is 0 Å². The lowest BCUT2D eigenvalue weighted by Gasteiger charge is -2.14. The molecule has 1 atom stereocenters. The average molecular weight is 386 g/mol. The van der Waals surface area contributed by atoms with E-state index in [1.54, 1.807) is 30.3 Å². The number of amides is 1. The highest BCUT2D eigenvalue weighted by atomic mass is 16.6. The van der Waals surface area contributed by atoms with Gasteiger partial charge < -0.3 is 14.8 Å². The SMILES string of the molecule is CC(C)COc1ccc(C(=O)O[C@H](C)C(=O)Nc2ccccc2[N+](=O)[O-])cc1. The van der Waals surface area contributed by atoms with E-state index in [9.17, 15) is 19.7 Å². The van der Waals surface area contributed by atoms with Gasteiger partial charge in [-0.1, -0.05) is 26.0 Å². The molecule has 0 saturated heterocycles. The fourth-order valence-electron chi connectivity index (χ4n) is 2.21. The molecule has 0 unspecified atom stereocenters. The lowest BCUT2D eigenvalue weighted by molar-refractivity contribution is -0.383. The van der Waals surface area contributed by atoms with Gasteiger partial charge in [0.05, 0.1) is 17.1 Å². The van der Waals surface area contributed by atoms with Crippen LogP contribution in [-0.4, -0.2) is 29.5 Å². The molecule has 1 amide bonds. The number of carbonyl (C=O) groups excluding carboxylic acids is 2. The van der Waals surface area contributed by atoms with Crippen LogP contribution in [0.1, 0.15) is 31.1 Å². The molecule has 28 heavy (non-hydrogen) atoms. The third-order valence-corrected chi connectivity index (χ3v) is 3.69. The van der Waals surface area contributed by atoms with Gasteiger partial charge in [0.2, 0.25) is 0 Å². The lowest BCUT2D eigenvalue weighted by Crippen LogP contribution is -2.30. The van der Waals surface area contributed by atoms with E-state index < -0.39 is 22.9 Å². The van der Waals surface area contributed by atoms with E-state index in [1.807, 2.05) is 13.8 Å². The molecule has 8 nitrogen and oxygen atoms in total. The van der Waals surface area contributed by atoms with Crippen molar-refractivity contribution < 1.29 is 24.0 Å². The number of esters is 1. The van der Waals surface area contributed by atoms with E-state index in [0.717, 1.165) is 0 Å². The number of nitrogens with zero attached hydrogens (tertiary/aromatic N) is 1. The smallest absolute Gasteiger partial charge is 0.338 e. The standard InChI is InChI=1S/C20H22N2O6/c1-13(2)12-27-16-10-8-15(9-11-16)20(24)28-14(3)19(23)21-17-6-4-5-7-18(17)22(25)26/h4-11,13-14H,12H2,1-3H3,(H,21,23)/t14-/m1/s1. The predicted molar refractivity (Wildman–Crippen MR) is 103 cm³/mol. The van der Waals surface area contributed by atoms with Gasteiger partial charge in [-0.25, -0.2) is 4.79 Å². The molecule has 0 heterocycles. The molecule has 8 heteroatoms. The summed E-state index contributed by atoms with van der Waals surface area (Å²) in [6.45, 7) is 6.01. The van der Waals surface area contributed by atoms with Crippen molar-refractivity contribution in [1.29, 1.82) is 0 Å². The topological polar surface area (TPSA) is 108 Å². The van der Waals surface area contributed by atoms with E-state index in [-0.39, 0.29) is 16.9 Å². The first-order valence-corrected chi connectivity index (χ1v) is 8.76. The van der Waals surface area contributed by atoms with Gasteiger partial charge in [0.15, 0.2) is 6.10 Å². The molecule has 1 N–H and O–H groups in total. The fourth-order valence-corrected chi connectivity index (χ4v) is 2.21. The number of ether oxygens (including phenoxy) is 2. The van der Waals surface area contributed by atoms with Gasteiger partial charge in [-0.05, 0) is 43.2 Å². The number of nitro groups is 1. The highest BCUT2D eigenvalue weighted by molar-refractivity contribution is 5.98. The fraction of sp³-hybridized carbons (Fsp3) is 0.300. The molecule has 2 aromatic rings. The Kier molecular flexibility index (Phi) is 7.08. The first kappa shape index (κ1) is 20.9. The van der Waals surface area contributed by atoms with E-state index in [2.05, 4.69) is 5.32 Å². The number of benzene rings is 2. The summed E-state index contributed by atoms with van der Waals surface area (Å²) in [6.07, 6.45) is -1.14. The molecule has 0 radical (unpaired) electrons. The van der Waals surface area contributed by atoms with Crippen molar-refractivity contribution in [3.8, 4) is 5.75 Å². The molecular weight excluding hydrogens is 364 g/mol. The Hall–Kier alpha value is -3.42. The molecule has 0 fully saturated rings. The summed E-state index contributed by atoms with van der Waals surface area (Å²) in [5.41, 5.74) is 0.0562. The number of hydrogen-bond donors (Lipinski definition) is 1. The van der Waals surface area contributed by atoms with Gasteiger partial charge in [-0.15, -0.1) is 0 Å². The molecular formula is C20H22N2O6. The highest BCUT2D eigenvalue weighted by Crippen LogP contribution is 2.23. The molecule has 0 aliphatic rings. The van der Waals surface area contributed by atoms with E-state index in [4.69, 9.17) is 9.47 Å². The molecule has 148 valence electrons. The largest absolute Gasteiger partial charge is 0.493 e. The van der Waals surface area contributed by atoms with Crippen LogP contribution >= 0.6 is 0 Å². The van der Waals surface area contributed by atoms with Gasteiger partial charge in [-0.3, -0.25) is 14.9 Å². The number of carbonyl (C=O) groups is 2.